The van der Waals surface area contributed by atoms with E-state index in [2.05, 4.69) is 17.4 Å². The highest BCUT2D eigenvalue weighted by atomic mass is 16.6. The Morgan fingerprint density at radius 2 is 1.42 bits per heavy atom. The van der Waals surface area contributed by atoms with Crippen molar-refractivity contribution in [1.82, 2.24) is 5.32 Å². The number of fused-ring (bicyclic) bond motifs is 3. The van der Waals surface area contributed by atoms with Crippen LogP contribution in [-0.4, -0.2) is 37.8 Å². The molecule has 33 heavy (non-hydrogen) atoms. The molecular weight excluding hydrogens is 422 g/mol. The third-order valence-corrected chi connectivity index (χ3v) is 5.32. The van der Waals surface area contributed by atoms with Gasteiger partial charge in [-0.15, -0.1) is 0 Å². The number of amides is 1. The Balaban J connectivity index is 1.27. The fourth-order valence-electron chi connectivity index (χ4n) is 3.83. The van der Waals surface area contributed by atoms with Crippen LogP contribution in [0.4, 0.5) is 4.79 Å². The van der Waals surface area contributed by atoms with Gasteiger partial charge in [-0.3, -0.25) is 0 Å². The van der Waals surface area contributed by atoms with E-state index in [1.807, 2.05) is 36.4 Å². The van der Waals surface area contributed by atoms with E-state index in [0.29, 0.717) is 5.56 Å². The molecule has 0 heterocycles. The lowest BCUT2D eigenvalue weighted by atomic mass is 9.98. The highest BCUT2D eigenvalue weighted by Crippen LogP contribution is 2.44. The van der Waals surface area contributed by atoms with Crippen LogP contribution < -0.4 is 10.1 Å². The number of carbonyl (C=O) groups is 3. The molecule has 1 amide bonds. The number of rotatable bonds is 7. The first kappa shape index (κ1) is 22.1. The summed E-state index contributed by atoms with van der Waals surface area (Å²) < 4.78 is 15.5. The minimum atomic E-state index is -0.702. The fourth-order valence-corrected chi connectivity index (χ4v) is 3.83. The van der Waals surface area contributed by atoms with Crippen molar-refractivity contribution < 1.29 is 28.6 Å². The normalized spacial score (nSPS) is 11.8. The first-order valence-electron chi connectivity index (χ1n) is 10.6. The Bertz CT molecular complexity index is 1130. The van der Waals surface area contributed by atoms with Crippen molar-refractivity contribution in [3.63, 3.8) is 0 Å². The van der Waals surface area contributed by atoms with Crippen LogP contribution >= 0.6 is 0 Å². The first-order chi connectivity index (χ1) is 16.1. The van der Waals surface area contributed by atoms with Crippen molar-refractivity contribution >= 4 is 18.0 Å². The smallest absolute Gasteiger partial charge is 0.407 e. The molecule has 4 rings (SSSR count). The first-order valence-corrected chi connectivity index (χ1v) is 10.6. The standard InChI is InChI=1S/C26H23NO6/c1-2-31-25(29)17-11-13-18(14-12-17)33-24(28)15-27-26(30)32-16-23-21-9-5-3-7-19(21)20-8-4-6-10-22(20)23/h3-14,23H,2,15-16H2,1H3,(H,27,30). The molecule has 0 radical (unpaired) electrons. The van der Waals surface area contributed by atoms with Crippen LogP contribution in [0.2, 0.25) is 0 Å². The Kier molecular flexibility index (Phi) is 6.69. The highest BCUT2D eigenvalue weighted by molar-refractivity contribution is 5.89. The van der Waals surface area contributed by atoms with Gasteiger partial charge in [0.2, 0.25) is 0 Å². The summed E-state index contributed by atoms with van der Waals surface area (Å²) >= 11 is 0. The Morgan fingerprint density at radius 1 is 0.818 bits per heavy atom. The number of carbonyl (C=O) groups excluding carboxylic acids is 3. The van der Waals surface area contributed by atoms with Gasteiger partial charge in [-0.1, -0.05) is 48.5 Å². The molecule has 1 aliphatic carbocycles. The van der Waals surface area contributed by atoms with Gasteiger partial charge < -0.3 is 19.5 Å². The number of hydrogen-bond donors (Lipinski definition) is 1. The van der Waals surface area contributed by atoms with Crippen LogP contribution in [0.3, 0.4) is 0 Å². The molecule has 0 spiro atoms. The molecule has 7 heteroatoms. The van der Waals surface area contributed by atoms with Crippen LogP contribution in [0.5, 0.6) is 5.75 Å². The van der Waals surface area contributed by atoms with Crippen LogP contribution in [0.15, 0.2) is 72.8 Å². The van der Waals surface area contributed by atoms with E-state index in [1.54, 1.807) is 6.92 Å². The molecule has 168 valence electrons. The zero-order chi connectivity index (χ0) is 23.2. The van der Waals surface area contributed by atoms with Crippen molar-refractivity contribution in [2.24, 2.45) is 0 Å². The molecule has 0 bridgehead atoms. The molecule has 1 aliphatic rings. The lowest BCUT2D eigenvalue weighted by Gasteiger charge is -2.14. The van der Waals surface area contributed by atoms with Crippen molar-refractivity contribution in [2.75, 3.05) is 19.8 Å². The molecule has 0 saturated carbocycles. The largest absolute Gasteiger partial charge is 0.462 e. The van der Waals surface area contributed by atoms with Crippen LogP contribution in [0.25, 0.3) is 11.1 Å². The summed E-state index contributed by atoms with van der Waals surface area (Å²) in [7, 11) is 0. The molecule has 3 aromatic rings. The summed E-state index contributed by atoms with van der Waals surface area (Å²) in [5, 5.41) is 2.41. The Hall–Kier alpha value is -4.13. The molecule has 7 nitrogen and oxygen atoms in total. The molecule has 0 unspecified atom stereocenters. The number of nitrogens with one attached hydrogen (secondary N) is 1. The van der Waals surface area contributed by atoms with Gasteiger partial charge in [-0.2, -0.15) is 0 Å². The van der Waals surface area contributed by atoms with Gasteiger partial charge in [-0.25, -0.2) is 14.4 Å². The zero-order valence-electron chi connectivity index (χ0n) is 18.1. The van der Waals surface area contributed by atoms with E-state index in [9.17, 15) is 14.4 Å². The van der Waals surface area contributed by atoms with Crippen molar-refractivity contribution in [2.45, 2.75) is 12.8 Å². The van der Waals surface area contributed by atoms with Crippen LogP contribution in [0, 0.1) is 0 Å². The van der Waals surface area contributed by atoms with Gasteiger partial charge in [0.1, 0.15) is 18.9 Å². The predicted molar refractivity (Wildman–Crippen MR) is 121 cm³/mol. The van der Waals surface area contributed by atoms with E-state index in [4.69, 9.17) is 14.2 Å². The molecule has 0 atom stereocenters. The SMILES string of the molecule is CCOC(=O)c1ccc(OC(=O)CNC(=O)OCC2c3ccccc3-c3ccccc32)cc1. The summed E-state index contributed by atoms with van der Waals surface area (Å²) in [5.74, 6) is -0.921. The third-order valence-electron chi connectivity index (χ3n) is 5.32. The number of esters is 2. The maximum absolute atomic E-state index is 12.2. The lowest BCUT2D eigenvalue weighted by Crippen LogP contribution is -2.33. The molecule has 0 fully saturated rings. The monoisotopic (exact) mass is 445 g/mol. The Labute approximate surface area is 191 Å². The zero-order valence-corrected chi connectivity index (χ0v) is 18.1. The predicted octanol–water partition coefficient (Wildman–Crippen LogP) is 4.31. The third kappa shape index (κ3) is 5.03. The van der Waals surface area contributed by atoms with E-state index >= 15 is 0 Å². The number of hydrogen-bond acceptors (Lipinski definition) is 6. The number of alkyl carbamates (subject to hydrolysis) is 1. The summed E-state index contributed by atoms with van der Waals surface area (Å²) in [4.78, 5) is 35.9. The van der Waals surface area contributed by atoms with Gasteiger partial charge in [-0.05, 0) is 53.4 Å². The fraction of sp³-hybridized carbons (Fsp3) is 0.192. The second kappa shape index (κ2) is 9.99. The van der Waals surface area contributed by atoms with Crippen molar-refractivity contribution in [3.8, 4) is 16.9 Å². The number of ether oxygens (including phenoxy) is 3. The summed E-state index contributed by atoms with van der Waals surface area (Å²) in [5.41, 5.74) is 4.85. The van der Waals surface area contributed by atoms with Gasteiger partial charge in [0, 0.05) is 5.92 Å². The van der Waals surface area contributed by atoms with Crippen molar-refractivity contribution in [1.29, 1.82) is 0 Å². The van der Waals surface area contributed by atoms with E-state index in [0.717, 1.165) is 22.3 Å². The average molecular weight is 445 g/mol. The summed E-state index contributed by atoms with van der Waals surface area (Å²) in [6.45, 7) is 1.80. The van der Waals surface area contributed by atoms with E-state index in [-0.39, 0.29) is 31.4 Å². The van der Waals surface area contributed by atoms with E-state index < -0.39 is 18.0 Å². The second-order valence-corrected chi connectivity index (χ2v) is 7.40. The summed E-state index contributed by atoms with van der Waals surface area (Å²) in [6, 6.07) is 22.1. The Morgan fingerprint density at radius 3 is 2.03 bits per heavy atom. The molecule has 0 saturated heterocycles. The maximum atomic E-state index is 12.2. The maximum Gasteiger partial charge on any atom is 0.407 e. The topological polar surface area (TPSA) is 90.9 Å². The highest BCUT2D eigenvalue weighted by Gasteiger charge is 2.29. The minimum absolute atomic E-state index is 0.0620. The molecule has 0 aliphatic heterocycles. The van der Waals surface area contributed by atoms with Crippen LogP contribution in [-0.2, 0) is 14.3 Å². The van der Waals surface area contributed by atoms with Gasteiger partial charge >= 0.3 is 18.0 Å². The van der Waals surface area contributed by atoms with Gasteiger partial charge in [0.15, 0.2) is 0 Å². The molecule has 0 aromatic heterocycles. The molecule has 1 N–H and O–H groups in total. The second-order valence-electron chi connectivity index (χ2n) is 7.40. The quantitative estimate of drug-likeness (QED) is 0.431. The van der Waals surface area contributed by atoms with Gasteiger partial charge in [0.25, 0.3) is 0 Å². The van der Waals surface area contributed by atoms with Crippen LogP contribution in [0.1, 0.15) is 34.3 Å². The molecule has 3 aromatic carbocycles. The summed E-state index contributed by atoms with van der Waals surface area (Å²) in [6.07, 6.45) is -0.702. The van der Waals surface area contributed by atoms with Gasteiger partial charge in [0.05, 0.1) is 12.2 Å². The number of benzene rings is 3. The lowest BCUT2D eigenvalue weighted by molar-refractivity contribution is -0.133. The molecular formula is C26H23NO6. The van der Waals surface area contributed by atoms with Crippen molar-refractivity contribution in [3.05, 3.63) is 89.5 Å². The minimum Gasteiger partial charge on any atom is -0.462 e. The average Bonchev–Trinajstić information content (AvgIpc) is 3.16. The van der Waals surface area contributed by atoms with E-state index in [1.165, 1.54) is 24.3 Å².